The number of non-ortho nitro benzene ring substituents is 1. The van der Waals surface area contributed by atoms with E-state index in [-0.39, 0.29) is 23.8 Å². The molecule has 192 valence electrons. The van der Waals surface area contributed by atoms with Crippen LogP contribution in [0.1, 0.15) is 104 Å². The summed E-state index contributed by atoms with van der Waals surface area (Å²) in [7, 11) is 0. The van der Waals surface area contributed by atoms with E-state index in [9.17, 15) is 19.7 Å². The van der Waals surface area contributed by atoms with Crippen LogP contribution in [0.2, 0.25) is 0 Å². The third-order valence-electron chi connectivity index (χ3n) is 5.53. The van der Waals surface area contributed by atoms with Gasteiger partial charge in [-0.05, 0) is 37.8 Å². The molecule has 0 aliphatic carbocycles. The number of unbranched alkanes of at least 4 members (excludes halogenated alkanes) is 9. The number of nitrogens with zero attached hydrogens (tertiary/aromatic N) is 1. The van der Waals surface area contributed by atoms with Crippen molar-refractivity contribution in [3.63, 3.8) is 0 Å². The highest BCUT2D eigenvalue weighted by atomic mass is 16.7. The quantitative estimate of drug-likeness (QED) is 0.0664. The molecular weight excluding hydrogens is 438 g/mol. The maximum Gasteiger partial charge on any atom is 0.514 e. The Balaban J connectivity index is 2.42. The van der Waals surface area contributed by atoms with E-state index in [4.69, 9.17) is 14.2 Å². The Labute approximate surface area is 203 Å². The lowest BCUT2D eigenvalue weighted by atomic mass is 10.0. The number of carbonyl (C=O) groups is 2. The first-order chi connectivity index (χ1) is 16.5. The van der Waals surface area contributed by atoms with E-state index in [1.54, 1.807) is 0 Å². The topological polar surface area (TPSA) is 105 Å². The van der Waals surface area contributed by atoms with Crippen LogP contribution in [0.15, 0.2) is 24.3 Å². The largest absolute Gasteiger partial charge is 0.514 e. The molecule has 1 unspecified atom stereocenters. The minimum Gasteiger partial charge on any atom is -0.466 e. The standard InChI is InChI=1S/C26H41NO7/c1-3-5-6-7-8-9-10-11-12-13-14-23(19-20-25(28)32-21-4-2)33-26(29)34-24-17-15-22(16-18-24)27(30)31/h15-18,23H,3-14,19-21H2,1-2H3. The van der Waals surface area contributed by atoms with Crippen LogP contribution in [0.5, 0.6) is 5.75 Å². The van der Waals surface area contributed by atoms with Gasteiger partial charge in [-0.3, -0.25) is 14.9 Å². The number of hydrogen-bond donors (Lipinski definition) is 0. The van der Waals surface area contributed by atoms with E-state index >= 15 is 0 Å². The lowest BCUT2D eigenvalue weighted by Gasteiger charge is -2.17. The van der Waals surface area contributed by atoms with Crippen molar-refractivity contribution in [3.8, 4) is 5.75 Å². The van der Waals surface area contributed by atoms with Crippen LogP contribution in [0.25, 0.3) is 0 Å². The van der Waals surface area contributed by atoms with Crippen molar-refractivity contribution in [2.75, 3.05) is 6.61 Å². The van der Waals surface area contributed by atoms with Crippen LogP contribution in [0.4, 0.5) is 10.5 Å². The molecule has 0 radical (unpaired) electrons. The number of carbonyl (C=O) groups excluding carboxylic acids is 2. The molecule has 0 aliphatic rings. The van der Waals surface area contributed by atoms with E-state index < -0.39 is 17.2 Å². The number of nitro groups is 1. The molecule has 0 aromatic heterocycles. The summed E-state index contributed by atoms with van der Waals surface area (Å²) in [6.45, 7) is 4.53. The van der Waals surface area contributed by atoms with Crippen LogP contribution in [-0.4, -0.2) is 29.8 Å². The molecule has 8 heteroatoms. The van der Waals surface area contributed by atoms with Gasteiger partial charge in [0.25, 0.3) is 5.69 Å². The summed E-state index contributed by atoms with van der Waals surface area (Å²) < 4.78 is 15.7. The van der Waals surface area contributed by atoms with E-state index in [0.717, 1.165) is 25.7 Å². The average Bonchev–Trinajstić information content (AvgIpc) is 2.82. The van der Waals surface area contributed by atoms with E-state index in [1.165, 1.54) is 69.2 Å². The minimum atomic E-state index is -0.882. The van der Waals surface area contributed by atoms with Crippen molar-refractivity contribution in [1.82, 2.24) is 0 Å². The minimum absolute atomic E-state index is 0.0925. The van der Waals surface area contributed by atoms with Gasteiger partial charge in [0.2, 0.25) is 0 Å². The van der Waals surface area contributed by atoms with Gasteiger partial charge in [0, 0.05) is 18.6 Å². The van der Waals surface area contributed by atoms with Crippen molar-refractivity contribution < 1.29 is 28.7 Å². The van der Waals surface area contributed by atoms with Gasteiger partial charge >= 0.3 is 12.1 Å². The van der Waals surface area contributed by atoms with Crippen molar-refractivity contribution in [3.05, 3.63) is 34.4 Å². The number of nitro benzene ring substituents is 1. The highest BCUT2D eigenvalue weighted by Gasteiger charge is 2.18. The Hall–Kier alpha value is -2.64. The molecule has 0 saturated carbocycles. The molecule has 0 saturated heterocycles. The Kier molecular flexibility index (Phi) is 16.2. The van der Waals surface area contributed by atoms with Crippen LogP contribution >= 0.6 is 0 Å². The molecule has 34 heavy (non-hydrogen) atoms. The Morgan fingerprint density at radius 1 is 0.853 bits per heavy atom. The highest BCUT2D eigenvalue weighted by molar-refractivity contribution is 5.69. The number of hydrogen-bond acceptors (Lipinski definition) is 7. The van der Waals surface area contributed by atoms with Crippen molar-refractivity contribution in [2.24, 2.45) is 0 Å². The molecule has 0 spiro atoms. The number of ether oxygens (including phenoxy) is 3. The van der Waals surface area contributed by atoms with Crippen molar-refractivity contribution in [2.45, 2.75) is 110 Å². The summed E-state index contributed by atoms with van der Waals surface area (Å²) in [6.07, 6.45) is 12.7. The fourth-order valence-corrected chi connectivity index (χ4v) is 3.58. The molecule has 0 amide bonds. The van der Waals surface area contributed by atoms with E-state index in [0.29, 0.717) is 19.4 Å². The monoisotopic (exact) mass is 479 g/mol. The fourth-order valence-electron chi connectivity index (χ4n) is 3.58. The molecule has 0 fully saturated rings. The van der Waals surface area contributed by atoms with Crippen LogP contribution < -0.4 is 4.74 Å². The normalized spacial score (nSPS) is 11.6. The zero-order valence-corrected chi connectivity index (χ0v) is 20.8. The molecular formula is C26H41NO7. The van der Waals surface area contributed by atoms with Gasteiger partial charge in [-0.15, -0.1) is 0 Å². The Morgan fingerprint density at radius 3 is 2.00 bits per heavy atom. The van der Waals surface area contributed by atoms with E-state index in [1.807, 2.05) is 6.92 Å². The zero-order chi connectivity index (χ0) is 25.0. The molecule has 8 nitrogen and oxygen atoms in total. The first-order valence-electron chi connectivity index (χ1n) is 12.7. The second kappa shape index (κ2) is 18.7. The lowest BCUT2D eigenvalue weighted by Crippen LogP contribution is -2.22. The molecule has 0 aliphatic heterocycles. The summed E-state index contributed by atoms with van der Waals surface area (Å²) in [6, 6.07) is 5.21. The summed E-state index contributed by atoms with van der Waals surface area (Å²) >= 11 is 0. The van der Waals surface area contributed by atoms with Gasteiger partial charge in [-0.25, -0.2) is 4.79 Å². The van der Waals surface area contributed by atoms with Crippen LogP contribution in [0, 0.1) is 10.1 Å². The van der Waals surface area contributed by atoms with E-state index in [2.05, 4.69) is 6.92 Å². The summed E-state index contributed by atoms with van der Waals surface area (Å²) in [5.74, 6) is -0.141. The Bertz CT molecular complexity index is 706. The van der Waals surface area contributed by atoms with Gasteiger partial charge in [0.15, 0.2) is 0 Å². The summed E-state index contributed by atoms with van der Waals surface area (Å²) in [4.78, 5) is 34.3. The molecule has 1 atom stereocenters. The molecule has 0 N–H and O–H groups in total. The van der Waals surface area contributed by atoms with Crippen molar-refractivity contribution >= 4 is 17.8 Å². The predicted molar refractivity (Wildman–Crippen MR) is 131 cm³/mol. The second-order valence-corrected chi connectivity index (χ2v) is 8.57. The lowest BCUT2D eigenvalue weighted by molar-refractivity contribution is -0.384. The number of rotatable bonds is 19. The Morgan fingerprint density at radius 2 is 1.44 bits per heavy atom. The number of esters is 1. The third kappa shape index (κ3) is 14.5. The molecule has 1 rings (SSSR count). The maximum absolute atomic E-state index is 12.2. The molecule has 0 bridgehead atoms. The first-order valence-corrected chi connectivity index (χ1v) is 12.7. The smallest absolute Gasteiger partial charge is 0.466 e. The van der Waals surface area contributed by atoms with Gasteiger partial charge in [-0.1, -0.05) is 71.6 Å². The molecule has 1 aromatic rings. The highest BCUT2D eigenvalue weighted by Crippen LogP contribution is 2.20. The predicted octanol–water partition coefficient (Wildman–Crippen LogP) is 7.52. The summed E-state index contributed by atoms with van der Waals surface area (Å²) in [5, 5.41) is 10.7. The van der Waals surface area contributed by atoms with Crippen molar-refractivity contribution in [1.29, 1.82) is 0 Å². The van der Waals surface area contributed by atoms with Gasteiger partial charge in [0.1, 0.15) is 11.9 Å². The maximum atomic E-state index is 12.2. The zero-order valence-electron chi connectivity index (χ0n) is 20.8. The average molecular weight is 480 g/mol. The van der Waals surface area contributed by atoms with Gasteiger partial charge < -0.3 is 14.2 Å². The number of benzene rings is 1. The fraction of sp³-hybridized carbons (Fsp3) is 0.692. The molecule has 1 aromatic carbocycles. The summed E-state index contributed by atoms with van der Waals surface area (Å²) in [5.41, 5.74) is -0.0925. The van der Waals surface area contributed by atoms with Gasteiger partial charge in [-0.2, -0.15) is 0 Å². The van der Waals surface area contributed by atoms with Crippen LogP contribution in [-0.2, 0) is 14.3 Å². The third-order valence-corrected chi connectivity index (χ3v) is 5.53. The van der Waals surface area contributed by atoms with Crippen LogP contribution in [0.3, 0.4) is 0 Å². The van der Waals surface area contributed by atoms with Gasteiger partial charge in [0.05, 0.1) is 11.5 Å². The molecule has 0 heterocycles. The first kappa shape index (κ1) is 29.4. The SMILES string of the molecule is CCCCCCCCCCCCC(CCC(=O)OCCC)OC(=O)Oc1ccc([N+](=O)[O-])cc1. The second-order valence-electron chi connectivity index (χ2n) is 8.57.